The lowest BCUT2D eigenvalue weighted by molar-refractivity contribution is 0.0995. The van der Waals surface area contributed by atoms with Crippen LogP contribution in [0.1, 0.15) is 48.4 Å². The zero-order valence-corrected chi connectivity index (χ0v) is 17.4. The van der Waals surface area contributed by atoms with Gasteiger partial charge >= 0.3 is 6.09 Å². The minimum atomic E-state index is -0.687. The van der Waals surface area contributed by atoms with E-state index >= 15 is 0 Å². The van der Waals surface area contributed by atoms with Crippen molar-refractivity contribution < 1.29 is 14.3 Å². The molecule has 2 rings (SSSR count). The van der Waals surface area contributed by atoms with E-state index < -0.39 is 12.0 Å². The van der Waals surface area contributed by atoms with Gasteiger partial charge in [-0.15, -0.1) is 0 Å². The van der Waals surface area contributed by atoms with Gasteiger partial charge in [0.2, 0.25) is 0 Å². The van der Waals surface area contributed by atoms with E-state index in [0.29, 0.717) is 37.4 Å². The Morgan fingerprint density at radius 2 is 2.03 bits per heavy atom. The molecule has 156 valence electrons. The Morgan fingerprint density at radius 3 is 2.72 bits per heavy atom. The lowest BCUT2D eigenvalue weighted by atomic mass is 10.1. The molecule has 0 aliphatic heterocycles. The third-order valence-corrected chi connectivity index (χ3v) is 4.39. The molecule has 1 aromatic carbocycles. The predicted octanol–water partition coefficient (Wildman–Crippen LogP) is 3.60. The summed E-state index contributed by atoms with van der Waals surface area (Å²) in [4.78, 5) is 31.8. The van der Waals surface area contributed by atoms with Crippen molar-refractivity contribution in [2.45, 2.75) is 39.5 Å². The van der Waals surface area contributed by atoms with Crippen LogP contribution < -0.4 is 16.4 Å². The number of unbranched alkanes of at least 4 members (excludes halogenated alkanes) is 1. The number of anilines is 2. The molecule has 8 nitrogen and oxygen atoms in total. The molecular formula is C20H26ClN5O3. The standard InChI is InChI=1S/C20H26ClN5O3/c1-3-5-11-29-20(28)23-10-9-13-7-6-8-14(12-13)24-19-16(18(22)27)25-15(4-2)17(21)26-19/h6-8,12H,3-5,9-11H2,1-2H3,(H2,22,27)(H,23,28)(H,24,26). The van der Waals surface area contributed by atoms with Gasteiger partial charge in [0, 0.05) is 12.2 Å². The van der Waals surface area contributed by atoms with E-state index in [9.17, 15) is 9.59 Å². The average molecular weight is 420 g/mol. The van der Waals surface area contributed by atoms with Crippen molar-refractivity contribution >= 4 is 35.1 Å². The van der Waals surface area contributed by atoms with Gasteiger partial charge in [0.05, 0.1) is 12.3 Å². The molecule has 0 atom stereocenters. The fraction of sp³-hybridized carbons (Fsp3) is 0.400. The summed E-state index contributed by atoms with van der Waals surface area (Å²) < 4.78 is 5.05. The summed E-state index contributed by atoms with van der Waals surface area (Å²) in [6.45, 7) is 4.76. The van der Waals surface area contributed by atoms with Gasteiger partial charge in [-0.25, -0.2) is 14.8 Å². The normalized spacial score (nSPS) is 10.4. The number of nitrogens with one attached hydrogen (secondary N) is 2. The highest BCUT2D eigenvalue weighted by Crippen LogP contribution is 2.23. The first-order chi connectivity index (χ1) is 13.9. The number of ether oxygens (including phenoxy) is 1. The molecule has 0 unspecified atom stereocenters. The van der Waals surface area contributed by atoms with E-state index in [2.05, 4.69) is 20.6 Å². The fourth-order valence-corrected chi connectivity index (χ4v) is 2.80. The second kappa shape index (κ2) is 11.2. The van der Waals surface area contributed by atoms with Crippen molar-refractivity contribution in [2.75, 3.05) is 18.5 Å². The summed E-state index contributed by atoms with van der Waals surface area (Å²) in [6, 6.07) is 7.50. The van der Waals surface area contributed by atoms with E-state index in [1.165, 1.54) is 0 Å². The number of halogens is 1. The van der Waals surface area contributed by atoms with E-state index in [-0.39, 0.29) is 16.7 Å². The maximum absolute atomic E-state index is 11.7. The Bertz CT molecular complexity index is 860. The minimum Gasteiger partial charge on any atom is -0.450 e. The number of nitrogens with two attached hydrogens (primary N) is 1. The van der Waals surface area contributed by atoms with Crippen LogP contribution in [0.3, 0.4) is 0 Å². The SMILES string of the molecule is CCCCOC(=O)NCCc1cccc(Nc2nc(Cl)c(CC)nc2C(N)=O)c1. The van der Waals surface area contributed by atoms with Gasteiger partial charge in [0.15, 0.2) is 16.7 Å². The molecule has 0 aliphatic rings. The van der Waals surface area contributed by atoms with Gasteiger partial charge in [0.1, 0.15) is 0 Å². The maximum Gasteiger partial charge on any atom is 0.407 e. The molecule has 2 aromatic rings. The van der Waals surface area contributed by atoms with Gasteiger partial charge < -0.3 is 21.1 Å². The summed E-state index contributed by atoms with van der Waals surface area (Å²) >= 11 is 6.13. The third kappa shape index (κ3) is 6.90. The molecule has 0 aliphatic carbocycles. The van der Waals surface area contributed by atoms with E-state index in [1.807, 2.05) is 38.1 Å². The van der Waals surface area contributed by atoms with Crippen LogP contribution in [0.5, 0.6) is 0 Å². The number of primary amides is 1. The Morgan fingerprint density at radius 1 is 1.24 bits per heavy atom. The van der Waals surface area contributed by atoms with Crippen molar-refractivity contribution in [3.8, 4) is 0 Å². The molecule has 0 bridgehead atoms. The summed E-state index contributed by atoms with van der Waals surface area (Å²) in [6.07, 6.45) is 2.56. The molecule has 2 amide bonds. The molecule has 1 heterocycles. The van der Waals surface area contributed by atoms with E-state index in [0.717, 1.165) is 18.4 Å². The Balaban J connectivity index is 2.02. The fourth-order valence-electron chi connectivity index (χ4n) is 2.54. The van der Waals surface area contributed by atoms with Gasteiger partial charge in [-0.05, 0) is 37.0 Å². The highest BCUT2D eigenvalue weighted by Gasteiger charge is 2.16. The summed E-state index contributed by atoms with van der Waals surface area (Å²) in [5.41, 5.74) is 7.66. The lowest BCUT2D eigenvalue weighted by Crippen LogP contribution is -2.26. The molecule has 29 heavy (non-hydrogen) atoms. The van der Waals surface area contributed by atoms with Gasteiger partial charge in [-0.2, -0.15) is 0 Å². The van der Waals surface area contributed by atoms with Crippen molar-refractivity contribution in [1.29, 1.82) is 0 Å². The van der Waals surface area contributed by atoms with Gasteiger partial charge in [-0.3, -0.25) is 4.79 Å². The summed E-state index contributed by atoms with van der Waals surface area (Å²) in [5, 5.41) is 5.99. The number of hydrogen-bond acceptors (Lipinski definition) is 6. The number of alkyl carbamates (subject to hydrolysis) is 1. The topological polar surface area (TPSA) is 119 Å². The number of hydrogen-bond donors (Lipinski definition) is 3. The highest BCUT2D eigenvalue weighted by molar-refractivity contribution is 6.30. The molecule has 0 radical (unpaired) electrons. The Hall–Kier alpha value is -2.87. The number of aromatic nitrogens is 2. The van der Waals surface area contributed by atoms with Crippen molar-refractivity contribution in [2.24, 2.45) is 5.73 Å². The summed E-state index contributed by atoms with van der Waals surface area (Å²) in [7, 11) is 0. The predicted molar refractivity (Wildman–Crippen MR) is 113 cm³/mol. The van der Waals surface area contributed by atoms with Crippen LogP contribution in [-0.4, -0.2) is 35.1 Å². The molecule has 0 spiro atoms. The quantitative estimate of drug-likeness (QED) is 0.506. The van der Waals surface area contributed by atoms with Crippen molar-refractivity contribution in [3.05, 3.63) is 46.4 Å². The summed E-state index contributed by atoms with van der Waals surface area (Å²) in [5.74, 6) is -0.484. The van der Waals surface area contributed by atoms with Crippen LogP contribution in [0.15, 0.2) is 24.3 Å². The Kier molecular flexibility index (Phi) is 8.67. The molecule has 0 fully saturated rings. The number of amides is 2. The average Bonchev–Trinajstić information content (AvgIpc) is 2.68. The van der Waals surface area contributed by atoms with Crippen LogP contribution >= 0.6 is 11.6 Å². The largest absolute Gasteiger partial charge is 0.450 e. The molecular weight excluding hydrogens is 394 g/mol. The first-order valence-electron chi connectivity index (χ1n) is 9.57. The van der Waals surface area contributed by atoms with Crippen molar-refractivity contribution in [3.63, 3.8) is 0 Å². The zero-order chi connectivity index (χ0) is 21.2. The molecule has 0 saturated heterocycles. The molecule has 4 N–H and O–H groups in total. The third-order valence-electron chi connectivity index (χ3n) is 4.09. The Labute approximate surface area is 175 Å². The van der Waals surface area contributed by atoms with Crippen LogP contribution in [0.2, 0.25) is 5.15 Å². The van der Waals surface area contributed by atoms with Gasteiger partial charge in [-0.1, -0.05) is 44.0 Å². The highest BCUT2D eigenvalue weighted by atomic mass is 35.5. The number of benzene rings is 1. The second-order valence-corrected chi connectivity index (χ2v) is 6.73. The maximum atomic E-state index is 11.7. The first kappa shape index (κ1) is 22.4. The van der Waals surface area contributed by atoms with Crippen LogP contribution in [0.25, 0.3) is 0 Å². The molecule has 9 heteroatoms. The number of rotatable bonds is 10. The monoisotopic (exact) mass is 419 g/mol. The molecule has 1 aromatic heterocycles. The number of nitrogens with zero attached hydrogens (tertiary/aromatic N) is 2. The lowest BCUT2D eigenvalue weighted by Gasteiger charge is -2.12. The van der Waals surface area contributed by atoms with Crippen LogP contribution in [0.4, 0.5) is 16.3 Å². The number of carbonyl (C=O) groups is 2. The smallest absolute Gasteiger partial charge is 0.407 e. The van der Waals surface area contributed by atoms with Crippen LogP contribution in [-0.2, 0) is 17.6 Å². The van der Waals surface area contributed by atoms with E-state index in [4.69, 9.17) is 22.1 Å². The zero-order valence-electron chi connectivity index (χ0n) is 16.6. The van der Waals surface area contributed by atoms with Crippen LogP contribution in [0, 0.1) is 0 Å². The van der Waals surface area contributed by atoms with Crippen molar-refractivity contribution in [1.82, 2.24) is 15.3 Å². The van der Waals surface area contributed by atoms with Gasteiger partial charge in [0.25, 0.3) is 5.91 Å². The van der Waals surface area contributed by atoms with E-state index in [1.54, 1.807) is 0 Å². The minimum absolute atomic E-state index is 0.0353. The second-order valence-electron chi connectivity index (χ2n) is 6.37. The number of carbonyl (C=O) groups excluding carboxylic acids is 2. The first-order valence-corrected chi connectivity index (χ1v) is 9.95. The number of aryl methyl sites for hydroxylation is 1. The molecule has 0 saturated carbocycles.